The molecule has 0 unspecified atom stereocenters. The third-order valence-corrected chi connectivity index (χ3v) is 5.41. The zero-order valence-corrected chi connectivity index (χ0v) is 13.7. The van der Waals surface area contributed by atoms with E-state index in [1.165, 1.54) is 17.4 Å². The molecule has 1 amide bonds. The first-order valence-corrected chi connectivity index (χ1v) is 8.47. The average Bonchev–Trinajstić information content (AvgIpc) is 3.17. The molecule has 3 nitrogen and oxygen atoms in total. The van der Waals surface area contributed by atoms with Crippen molar-refractivity contribution in [3.8, 4) is 9.88 Å². The van der Waals surface area contributed by atoms with Gasteiger partial charge in [0.1, 0.15) is 5.01 Å². The van der Waals surface area contributed by atoms with Crippen LogP contribution in [0.5, 0.6) is 0 Å². The number of halogens is 2. The van der Waals surface area contributed by atoms with Gasteiger partial charge in [-0.05, 0) is 36.6 Å². The predicted molar refractivity (Wildman–Crippen MR) is 87.7 cm³/mol. The lowest BCUT2D eigenvalue weighted by molar-refractivity contribution is 0.0950. The number of rotatable bonds is 4. The van der Waals surface area contributed by atoms with Gasteiger partial charge < -0.3 is 5.32 Å². The molecule has 118 valence electrons. The summed E-state index contributed by atoms with van der Waals surface area (Å²) in [6.45, 7) is 2.18. The van der Waals surface area contributed by atoms with Crippen LogP contribution in [0.2, 0.25) is 0 Å². The van der Waals surface area contributed by atoms with Crippen molar-refractivity contribution in [3.63, 3.8) is 0 Å². The van der Waals surface area contributed by atoms with E-state index in [0.29, 0.717) is 6.54 Å². The van der Waals surface area contributed by atoms with Crippen molar-refractivity contribution < 1.29 is 13.6 Å². The van der Waals surface area contributed by atoms with Gasteiger partial charge in [0.2, 0.25) is 0 Å². The van der Waals surface area contributed by atoms with Crippen LogP contribution in [-0.2, 0) is 6.54 Å². The van der Waals surface area contributed by atoms with Crippen molar-refractivity contribution in [2.24, 2.45) is 0 Å². The monoisotopic (exact) mass is 350 g/mol. The summed E-state index contributed by atoms with van der Waals surface area (Å²) in [5.74, 6) is -2.46. The summed E-state index contributed by atoms with van der Waals surface area (Å²) in [5, 5.41) is 5.60. The standard InChI is InChI=1S/C16H12F2N2OS2/c1-9-14(23-16(20-9)13-3-2-6-22-13)8-19-15(21)10-4-5-11(17)12(18)7-10/h2-7H,8H2,1H3,(H,19,21). The molecule has 0 radical (unpaired) electrons. The van der Waals surface area contributed by atoms with E-state index < -0.39 is 17.5 Å². The number of hydrogen-bond donors (Lipinski definition) is 1. The van der Waals surface area contributed by atoms with E-state index >= 15 is 0 Å². The maximum atomic E-state index is 13.2. The van der Waals surface area contributed by atoms with E-state index in [1.54, 1.807) is 11.3 Å². The molecule has 0 aliphatic rings. The highest BCUT2D eigenvalue weighted by Crippen LogP contribution is 2.30. The van der Waals surface area contributed by atoms with Crippen LogP contribution >= 0.6 is 22.7 Å². The molecule has 3 aromatic rings. The molecule has 0 aliphatic carbocycles. The number of aryl methyl sites for hydroxylation is 1. The van der Waals surface area contributed by atoms with Gasteiger partial charge in [-0.3, -0.25) is 4.79 Å². The van der Waals surface area contributed by atoms with Gasteiger partial charge in [-0.2, -0.15) is 0 Å². The van der Waals surface area contributed by atoms with E-state index in [9.17, 15) is 13.6 Å². The second-order valence-electron chi connectivity index (χ2n) is 4.82. The Balaban J connectivity index is 1.70. The van der Waals surface area contributed by atoms with Crippen molar-refractivity contribution in [1.82, 2.24) is 10.3 Å². The fourth-order valence-electron chi connectivity index (χ4n) is 2.00. The summed E-state index contributed by atoms with van der Waals surface area (Å²) in [6, 6.07) is 7.04. The molecule has 0 fully saturated rings. The second kappa shape index (κ2) is 6.55. The van der Waals surface area contributed by atoms with Crippen LogP contribution in [0.25, 0.3) is 9.88 Å². The highest BCUT2D eigenvalue weighted by atomic mass is 32.1. The van der Waals surface area contributed by atoms with Crippen LogP contribution in [0.15, 0.2) is 35.7 Å². The van der Waals surface area contributed by atoms with Gasteiger partial charge >= 0.3 is 0 Å². The lowest BCUT2D eigenvalue weighted by atomic mass is 10.2. The zero-order valence-electron chi connectivity index (χ0n) is 12.1. The molecule has 0 saturated carbocycles. The number of carbonyl (C=O) groups excluding carboxylic acids is 1. The highest BCUT2D eigenvalue weighted by molar-refractivity contribution is 7.21. The average molecular weight is 350 g/mol. The minimum Gasteiger partial charge on any atom is -0.347 e. The molecule has 0 spiro atoms. The molecule has 0 saturated heterocycles. The first-order chi connectivity index (χ1) is 11.0. The fraction of sp³-hybridized carbons (Fsp3) is 0.125. The molecule has 0 bridgehead atoms. The fourth-order valence-corrected chi connectivity index (χ4v) is 3.80. The normalized spacial score (nSPS) is 10.7. The van der Waals surface area contributed by atoms with Crippen LogP contribution in [0.4, 0.5) is 8.78 Å². The number of thiophene rings is 1. The second-order valence-corrected chi connectivity index (χ2v) is 6.85. The summed E-state index contributed by atoms with van der Waals surface area (Å²) in [4.78, 5) is 18.5. The van der Waals surface area contributed by atoms with E-state index in [-0.39, 0.29) is 5.56 Å². The Morgan fingerprint density at radius 1 is 1.26 bits per heavy atom. The smallest absolute Gasteiger partial charge is 0.251 e. The number of hydrogen-bond acceptors (Lipinski definition) is 4. The molecule has 3 rings (SSSR count). The summed E-state index contributed by atoms with van der Waals surface area (Å²) in [7, 11) is 0. The highest BCUT2D eigenvalue weighted by Gasteiger charge is 2.13. The number of carbonyl (C=O) groups is 1. The summed E-state index contributed by atoms with van der Waals surface area (Å²) >= 11 is 3.12. The van der Waals surface area contributed by atoms with Gasteiger partial charge in [-0.1, -0.05) is 6.07 Å². The predicted octanol–water partition coefficient (Wildman–Crippen LogP) is 4.39. The topological polar surface area (TPSA) is 42.0 Å². The SMILES string of the molecule is Cc1nc(-c2cccs2)sc1CNC(=O)c1ccc(F)c(F)c1. The summed E-state index contributed by atoms with van der Waals surface area (Å²) in [5.41, 5.74) is 0.938. The molecule has 23 heavy (non-hydrogen) atoms. The number of aromatic nitrogens is 1. The van der Waals surface area contributed by atoms with Crippen molar-refractivity contribution in [3.05, 3.63) is 63.5 Å². The molecular weight excluding hydrogens is 338 g/mol. The number of nitrogens with zero attached hydrogens (tertiary/aromatic N) is 1. The lowest BCUT2D eigenvalue weighted by Gasteiger charge is -2.04. The van der Waals surface area contributed by atoms with Gasteiger partial charge in [-0.25, -0.2) is 13.8 Å². The number of nitrogens with one attached hydrogen (secondary N) is 1. The van der Waals surface area contributed by atoms with Crippen molar-refractivity contribution >= 4 is 28.6 Å². The number of thiazole rings is 1. The molecule has 0 aliphatic heterocycles. The van der Waals surface area contributed by atoms with Crippen LogP contribution < -0.4 is 5.32 Å². The maximum Gasteiger partial charge on any atom is 0.251 e. The first-order valence-electron chi connectivity index (χ1n) is 6.78. The summed E-state index contributed by atoms with van der Waals surface area (Å²) in [6.07, 6.45) is 0. The Morgan fingerprint density at radius 3 is 2.78 bits per heavy atom. The van der Waals surface area contributed by atoms with Crippen molar-refractivity contribution in [2.45, 2.75) is 13.5 Å². The third kappa shape index (κ3) is 3.46. The maximum absolute atomic E-state index is 13.2. The van der Waals surface area contributed by atoms with E-state index in [2.05, 4.69) is 10.3 Å². The largest absolute Gasteiger partial charge is 0.347 e. The van der Waals surface area contributed by atoms with Gasteiger partial charge in [0.15, 0.2) is 11.6 Å². The van der Waals surface area contributed by atoms with Crippen LogP contribution in [0.3, 0.4) is 0 Å². The van der Waals surface area contributed by atoms with Crippen LogP contribution in [0, 0.1) is 18.6 Å². The van der Waals surface area contributed by atoms with Crippen molar-refractivity contribution in [2.75, 3.05) is 0 Å². The Morgan fingerprint density at radius 2 is 2.09 bits per heavy atom. The van der Waals surface area contributed by atoms with Gasteiger partial charge in [-0.15, -0.1) is 22.7 Å². The van der Waals surface area contributed by atoms with Crippen LogP contribution in [-0.4, -0.2) is 10.9 Å². The van der Waals surface area contributed by atoms with Gasteiger partial charge in [0.25, 0.3) is 5.91 Å². The third-order valence-electron chi connectivity index (χ3n) is 3.22. The molecule has 2 heterocycles. The zero-order chi connectivity index (χ0) is 16.4. The molecule has 1 aromatic carbocycles. The molecule has 7 heteroatoms. The van der Waals surface area contributed by atoms with Crippen molar-refractivity contribution in [1.29, 1.82) is 0 Å². The minimum absolute atomic E-state index is 0.0875. The first kappa shape index (κ1) is 15.8. The quantitative estimate of drug-likeness (QED) is 0.758. The molecule has 1 N–H and O–H groups in total. The molecular formula is C16H12F2N2OS2. The van der Waals surface area contributed by atoms with E-state index in [4.69, 9.17) is 0 Å². The number of amides is 1. The molecule has 2 aromatic heterocycles. The number of benzene rings is 1. The molecule has 0 atom stereocenters. The lowest BCUT2D eigenvalue weighted by Crippen LogP contribution is -2.22. The van der Waals surface area contributed by atoms with E-state index in [1.807, 2.05) is 24.4 Å². The Kier molecular flexibility index (Phi) is 4.49. The summed E-state index contributed by atoms with van der Waals surface area (Å²) < 4.78 is 26.1. The Bertz CT molecular complexity index is 844. The van der Waals surface area contributed by atoms with Gasteiger partial charge in [0, 0.05) is 10.4 Å². The minimum atomic E-state index is -1.04. The Hall–Kier alpha value is -2.12. The van der Waals surface area contributed by atoms with Crippen LogP contribution in [0.1, 0.15) is 20.9 Å². The Labute approximate surface area is 139 Å². The van der Waals surface area contributed by atoms with E-state index in [0.717, 1.165) is 32.6 Å². The van der Waals surface area contributed by atoms with Gasteiger partial charge in [0.05, 0.1) is 17.1 Å².